The fourth-order valence-electron chi connectivity index (χ4n) is 3.24. The van der Waals surface area contributed by atoms with E-state index in [1.807, 2.05) is 11.0 Å². The number of esters is 1. The van der Waals surface area contributed by atoms with Gasteiger partial charge in [-0.2, -0.15) is 5.26 Å². The normalized spacial score (nSPS) is 13.8. The zero-order valence-corrected chi connectivity index (χ0v) is 15.5. The maximum Gasteiger partial charge on any atom is 0.357 e. The van der Waals surface area contributed by atoms with Crippen molar-refractivity contribution < 1.29 is 19.2 Å². The summed E-state index contributed by atoms with van der Waals surface area (Å²) in [4.78, 5) is 25.3. The van der Waals surface area contributed by atoms with E-state index in [0.29, 0.717) is 43.2 Å². The number of hydrogen-bond donors (Lipinski definition) is 1. The average Bonchev–Trinajstić information content (AvgIpc) is 3.03. The van der Waals surface area contributed by atoms with Crippen molar-refractivity contribution in [3.05, 3.63) is 45.3 Å². The number of aromatic nitrogens is 1. The molecule has 28 heavy (non-hydrogen) atoms. The third-order valence-electron chi connectivity index (χ3n) is 4.64. The van der Waals surface area contributed by atoms with Gasteiger partial charge in [-0.1, -0.05) is 0 Å². The van der Waals surface area contributed by atoms with E-state index in [4.69, 9.17) is 15.2 Å². The van der Waals surface area contributed by atoms with E-state index in [2.05, 4.69) is 0 Å². The standard InChI is InChI=1S/C18H19N5O5/c1-11-7-15(23(25)26)14(21-3-5-28-6-4-21)8-13(11)22-10-12(9-19)16(20)17(22)18(24)27-2/h7-8,10H,3-6,20H2,1-2H3. The largest absolute Gasteiger partial charge is 0.464 e. The van der Waals surface area contributed by atoms with Crippen molar-refractivity contribution in [2.24, 2.45) is 0 Å². The highest BCUT2D eigenvalue weighted by Crippen LogP contribution is 2.35. The third kappa shape index (κ3) is 3.23. The summed E-state index contributed by atoms with van der Waals surface area (Å²) >= 11 is 0. The molecule has 0 atom stereocenters. The van der Waals surface area contributed by atoms with E-state index in [0.717, 1.165) is 0 Å². The van der Waals surface area contributed by atoms with Crippen LogP contribution in [-0.2, 0) is 9.47 Å². The number of nitro benzene ring substituents is 1. The van der Waals surface area contributed by atoms with Crippen LogP contribution in [0.5, 0.6) is 0 Å². The number of rotatable bonds is 4. The molecule has 0 amide bonds. The van der Waals surface area contributed by atoms with Gasteiger partial charge in [-0.3, -0.25) is 10.1 Å². The molecule has 0 spiro atoms. The predicted octanol–water partition coefficient (Wildman–Crippen LogP) is 1.77. The quantitative estimate of drug-likeness (QED) is 0.478. The highest BCUT2D eigenvalue weighted by Gasteiger charge is 2.27. The van der Waals surface area contributed by atoms with Crippen LogP contribution in [0.1, 0.15) is 21.6 Å². The van der Waals surface area contributed by atoms with E-state index in [1.165, 1.54) is 23.9 Å². The van der Waals surface area contributed by atoms with Gasteiger partial charge in [0.05, 0.1) is 42.2 Å². The smallest absolute Gasteiger partial charge is 0.357 e. The molecule has 0 bridgehead atoms. The molecule has 1 aromatic heterocycles. The number of morpholine rings is 1. The molecule has 1 aliphatic heterocycles. The molecule has 1 fully saturated rings. The molecule has 1 aliphatic rings. The number of hydrogen-bond acceptors (Lipinski definition) is 8. The summed E-state index contributed by atoms with van der Waals surface area (Å²) in [5.74, 6) is -0.704. The van der Waals surface area contributed by atoms with Crippen LogP contribution in [0.3, 0.4) is 0 Å². The number of anilines is 2. The van der Waals surface area contributed by atoms with Crippen molar-refractivity contribution in [3.8, 4) is 11.8 Å². The lowest BCUT2D eigenvalue weighted by Gasteiger charge is -2.29. The molecule has 1 aromatic carbocycles. The molecule has 2 heterocycles. The monoisotopic (exact) mass is 385 g/mol. The van der Waals surface area contributed by atoms with Gasteiger partial charge < -0.3 is 24.7 Å². The molecule has 0 aliphatic carbocycles. The molecular weight excluding hydrogens is 366 g/mol. The molecule has 10 nitrogen and oxygen atoms in total. The first-order valence-electron chi connectivity index (χ1n) is 8.50. The van der Waals surface area contributed by atoms with Crippen molar-refractivity contribution in [2.45, 2.75) is 6.92 Å². The first kappa shape index (κ1) is 19.2. The molecular formula is C18H19N5O5. The van der Waals surface area contributed by atoms with Crippen molar-refractivity contribution >= 4 is 23.0 Å². The summed E-state index contributed by atoms with van der Waals surface area (Å²) < 4.78 is 11.6. The Kier molecular flexibility index (Phi) is 5.19. The van der Waals surface area contributed by atoms with Crippen LogP contribution in [0.4, 0.5) is 17.1 Å². The van der Waals surface area contributed by atoms with Crippen LogP contribution in [0.25, 0.3) is 5.69 Å². The Morgan fingerprint density at radius 2 is 2.04 bits per heavy atom. The lowest BCUT2D eigenvalue weighted by molar-refractivity contribution is -0.384. The van der Waals surface area contributed by atoms with Crippen LogP contribution in [0.2, 0.25) is 0 Å². The van der Waals surface area contributed by atoms with E-state index in [1.54, 1.807) is 13.0 Å². The van der Waals surface area contributed by atoms with Gasteiger partial charge in [0.2, 0.25) is 0 Å². The molecule has 3 rings (SSSR count). The Labute approximate surface area is 160 Å². The number of carbonyl (C=O) groups excluding carboxylic acids is 1. The third-order valence-corrected chi connectivity index (χ3v) is 4.64. The zero-order chi connectivity index (χ0) is 20.4. The fraction of sp³-hybridized carbons (Fsp3) is 0.333. The maximum atomic E-state index is 12.3. The van der Waals surface area contributed by atoms with Gasteiger partial charge in [0, 0.05) is 25.4 Å². The Morgan fingerprint density at radius 3 is 2.61 bits per heavy atom. The lowest BCUT2D eigenvalue weighted by Crippen LogP contribution is -2.36. The Balaban J connectivity index is 2.24. The SMILES string of the molecule is COC(=O)c1c(N)c(C#N)cn1-c1cc(N2CCOCC2)c([N+](=O)[O-])cc1C. The Morgan fingerprint density at radius 1 is 1.36 bits per heavy atom. The number of nitrogens with zero attached hydrogens (tertiary/aromatic N) is 4. The van der Waals surface area contributed by atoms with Crippen molar-refractivity contribution in [1.29, 1.82) is 5.26 Å². The molecule has 0 radical (unpaired) electrons. The van der Waals surface area contributed by atoms with Crippen LogP contribution in [0.15, 0.2) is 18.3 Å². The number of aryl methyl sites for hydroxylation is 1. The van der Waals surface area contributed by atoms with Gasteiger partial charge >= 0.3 is 5.97 Å². The highest BCUT2D eigenvalue weighted by molar-refractivity contribution is 5.96. The molecule has 10 heteroatoms. The van der Waals surface area contributed by atoms with Crippen molar-refractivity contribution in [2.75, 3.05) is 44.0 Å². The first-order valence-corrected chi connectivity index (χ1v) is 8.50. The summed E-state index contributed by atoms with van der Waals surface area (Å²) in [5, 5.41) is 20.9. The number of benzene rings is 1. The molecule has 146 valence electrons. The number of methoxy groups -OCH3 is 1. The van der Waals surface area contributed by atoms with E-state index in [9.17, 15) is 20.2 Å². The highest BCUT2D eigenvalue weighted by atomic mass is 16.6. The van der Waals surface area contributed by atoms with Gasteiger partial charge in [0.1, 0.15) is 11.8 Å². The average molecular weight is 385 g/mol. The molecule has 1 saturated heterocycles. The van der Waals surface area contributed by atoms with Crippen LogP contribution < -0.4 is 10.6 Å². The predicted molar refractivity (Wildman–Crippen MR) is 101 cm³/mol. The number of nitrogen functional groups attached to an aromatic ring is 1. The van der Waals surface area contributed by atoms with Crippen LogP contribution >= 0.6 is 0 Å². The molecule has 2 aromatic rings. The summed E-state index contributed by atoms with van der Waals surface area (Å²) in [7, 11) is 1.22. The second-order valence-electron chi connectivity index (χ2n) is 6.26. The van der Waals surface area contributed by atoms with Gasteiger partial charge in [-0.15, -0.1) is 0 Å². The molecule has 0 unspecified atom stereocenters. The van der Waals surface area contributed by atoms with Crippen LogP contribution in [0, 0.1) is 28.4 Å². The second kappa shape index (κ2) is 7.58. The topological polar surface area (TPSA) is 137 Å². The van der Waals surface area contributed by atoms with E-state index >= 15 is 0 Å². The lowest BCUT2D eigenvalue weighted by atomic mass is 10.1. The molecule has 2 N–H and O–H groups in total. The van der Waals surface area contributed by atoms with Crippen molar-refractivity contribution in [1.82, 2.24) is 4.57 Å². The number of carbonyl (C=O) groups is 1. The first-order chi connectivity index (χ1) is 13.4. The minimum atomic E-state index is -0.704. The van der Waals surface area contributed by atoms with E-state index in [-0.39, 0.29) is 22.6 Å². The fourth-order valence-corrected chi connectivity index (χ4v) is 3.24. The number of nitriles is 1. The Hall–Kier alpha value is -3.58. The maximum absolute atomic E-state index is 12.3. The number of nitrogens with two attached hydrogens (primary N) is 1. The second-order valence-corrected chi connectivity index (χ2v) is 6.26. The minimum absolute atomic E-state index is 0.0000234. The summed E-state index contributed by atoms with van der Waals surface area (Å²) in [6, 6.07) is 5.02. The van der Waals surface area contributed by atoms with Crippen LogP contribution in [-0.4, -0.2) is 48.9 Å². The van der Waals surface area contributed by atoms with E-state index < -0.39 is 10.9 Å². The molecule has 0 saturated carbocycles. The Bertz CT molecular complexity index is 985. The summed E-state index contributed by atoms with van der Waals surface area (Å²) in [5.41, 5.74) is 7.50. The van der Waals surface area contributed by atoms with Gasteiger partial charge in [0.25, 0.3) is 5.69 Å². The minimum Gasteiger partial charge on any atom is -0.464 e. The number of ether oxygens (including phenoxy) is 2. The summed E-state index contributed by atoms with van der Waals surface area (Å²) in [6.45, 7) is 3.62. The number of nitro groups is 1. The van der Waals surface area contributed by atoms with Gasteiger partial charge in [-0.05, 0) is 18.6 Å². The summed E-state index contributed by atoms with van der Waals surface area (Å²) in [6.07, 6.45) is 1.43. The van der Waals surface area contributed by atoms with Gasteiger partial charge in [-0.25, -0.2) is 4.79 Å². The zero-order valence-electron chi connectivity index (χ0n) is 15.5. The van der Waals surface area contributed by atoms with Gasteiger partial charge in [0.15, 0.2) is 5.69 Å². The van der Waals surface area contributed by atoms with Crippen molar-refractivity contribution in [3.63, 3.8) is 0 Å².